The third kappa shape index (κ3) is 10.1. The van der Waals surface area contributed by atoms with Gasteiger partial charge in [-0.1, -0.05) is 13.0 Å². The number of piperazine rings is 1. The minimum Gasteiger partial charge on any atom is -0.490 e. The molecule has 5 fully saturated rings. The maximum Gasteiger partial charge on any atom is 0.262 e. The molecule has 3 aromatic carbocycles. The summed E-state index contributed by atoms with van der Waals surface area (Å²) in [5.41, 5.74) is 4.17. The molecule has 6 aliphatic rings. The van der Waals surface area contributed by atoms with Gasteiger partial charge in [0.25, 0.3) is 11.8 Å². The van der Waals surface area contributed by atoms with E-state index < -0.39 is 30.0 Å². The number of piperidine rings is 3. The second kappa shape index (κ2) is 20.2. The maximum absolute atomic E-state index is 14.1. The number of benzene rings is 3. The van der Waals surface area contributed by atoms with Crippen molar-refractivity contribution in [2.24, 2.45) is 11.8 Å². The number of fused-ring (bicyclic) bond motifs is 2. The van der Waals surface area contributed by atoms with Gasteiger partial charge >= 0.3 is 0 Å². The molecule has 5 aliphatic heterocycles. The highest BCUT2D eigenvalue weighted by Crippen LogP contribution is 2.41. The van der Waals surface area contributed by atoms with Crippen LogP contribution in [0.5, 0.6) is 5.75 Å². The van der Waals surface area contributed by atoms with Crippen LogP contribution >= 0.6 is 0 Å². The number of pyridine rings is 1. The Hall–Kier alpha value is -5.97. The Morgan fingerprint density at radius 1 is 0.812 bits per heavy atom. The number of amides is 5. The van der Waals surface area contributed by atoms with Gasteiger partial charge in [-0.15, -0.1) is 0 Å². The Labute approximate surface area is 402 Å². The standard InChI is InChI=1S/C53H63FN8O7/c1-33(34-5-7-35(8-6-34)42-15-20-55-46-12-9-36(54)29-44(42)46)50(65)56-37-3-2-4-41(30-37)69-40-18-23-61(24-19-40)49(64)32-58-21-16-38(17-22-58)59-25-27-60(28-26-59)39-10-11-43-45(31-39)53(68)62(52(43)67)47-13-14-48(63)57-51(47)66/h2-4,9-12,15,20,29-31,33-35,38,40,47-48,63H,5-8,13-14,16-19,21-28,32H2,1H3,(H,56,65)(H,57,66)/t33-,34?,35?,47?,48?/m1/s1. The van der Waals surface area contributed by atoms with E-state index in [-0.39, 0.29) is 48.4 Å². The van der Waals surface area contributed by atoms with Crippen LogP contribution in [0.3, 0.4) is 0 Å². The zero-order chi connectivity index (χ0) is 47.8. The summed E-state index contributed by atoms with van der Waals surface area (Å²) in [5, 5.41) is 16.2. The summed E-state index contributed by atoms with van der Waals surface area (Å²) in [4.78, 5) is 80.6. The first-order chi connectivity index (χ1) is 33.4. The number of anilines is 2. The van der Waals surface area contributed by atoms with E-state index in [9.17, 15) is 33.5 Å². The number of likely N-dealkylation sites (tertiary alicyclic amines) is 2. The van der Waals surface area contributed by atoms with E-state index in [1.54, 1.807) is 24.3 Å². The third-order valence-electron chi connectivity index (χ3n) is 15.9. The van der Waals surface area contributed by atoms with Gasteiger partial charge in [0.1, 0.15) is 29.9 Å². The summed E-state index contributed by atoms with van der Waals surface area (Å²) in [5.74, 6) is -0.410. The molecule has 6 heterocycles. The van der Waals surface area contributed by atoms with Crippen LogP contribution in [0.1, 0.15) is 103 Å². The maximum atomic E-state index is 14.1. The molecule has 5 amide bonds. The Balaban J connectivity index is 0.626. The zero-order valence-corrected chi connectivity index (χ0v) is 39.4. The first-order valence-electron chi connectivity index (χ1n) is 25.1. The van der Waals surface area contributed by atoms with Crippen molar-refractivity contribution in [3.63, 3.8) is 0 Å². The fourth-order valence-corrected chi connectivity index (χ4v) is 11.8. The Kier molecular flexibility index (Phi) is 13.7. The molecule has 10 rings (SSSR count). The number of hydrogen-bond donors (Lipinski definition) is 3. The largest absolute Gasteiger partial charge is 0.490 e. The number of nitrogens with zero attached hydrogens (tertiary/aromatic N) is 6. The zero-order valence-electron chi connectivity index (χ0n) is 39.4. The van der Waals surface area contributed by atoms with Crippen LogP contribution < -0.4 is 20.3 Å². The lowest BCUT2D eigenvalue weighted by molar-refractivity contribution is -0.134. The van der Waals surface area contributed by atoms with E-state index in [2.05, 4.69) is 30.3 Å². The number of aliphatic hydroxyl groups is 1. The average molecular weight is 943 g/mol. The van der Waals surface area contributed by atoms with Crippen LogP contribution in [-0.4, -0.2) is 143 Å². The number of carbonyl (C=O) groups is 5. The Morgan fingerprint density at radius 2 is 1.57 bits per heavy atom. The van der Waals surface area contributed by atoms with Gasteiger partial charge in [-0.25, -0.2) is 4.39 Å². The summed E-state index contributed by atoms with van der Waals surface area (Å²) in [6.45, 7) is 8.77. The van der Waals surface area contributed by atoms with Crippen LogP contribution in [0.15, 0.2) is 72.9 Å². The van der Waals surface area contributed by atoms with Crippen LogP contribution in [-0.2, 0) is 14.4 Å². The fourth-order valence-electron chi connectivity index (χ4n) is 11.8. The van der Waals surface area contributed by atoms with E-state index in [0.29, 0.717) is 54.2 Å². The smallest absolute Gasteiger partial charge is 0.262 e. The normalized spacial score (nSPS) is 24.9. The predicted octanol–water partition coefficient (Wildman–Crippen LogP) is 5.77. The van der Waals surface area contributed by atoms with Crippen LogP contribution in [0.25, 0.3) is 10.9 Å². The number of ether oxygens (including phenoxy) is 1. The van der Waals surface area contributed by atoms with Crippen LogP contribution in [0, 0.1) is 17.7 Å². The van der Waals surface area contributed by atoms with Crippen LogP contribution in [0.4, 0.5) is 15.8 Å². The summed E-state index contributed by atoms with van der Waals surface area (Å²) in [6, 6.07) is 19.3. The predicted molar refractivity (Wildman–Crippen MR) is 258 cm³/mol. The van der Waals surface area contributed by atoms with E-state index in [0.717, 1.165) is 118 Å². The van der Waals surface area contributed by atoms with Gasteiger partial charge in [0.15, 0.2) is 0 Å². The van der Waals surface area contributed by atoms with Crippen molar-refractivity contribution in [1.29, 1.82) is 0 Å². The van der Waals surface area contributed by atoms with E-state index in [1.807, 2.05) is 54.4 Å². The van der Waals surface area contributed by atoms with Crippen molar-refractivity contribution in [3.05, 3.63) is 95.4 Å². The molecule has 0 spiro atoms. The molecule has 364 valence electrons. The molecule has 3 atom stereocenters. The van der Waals surface area contributed by atoms with Crippen molar-refractivity contribution in [2.75, 3.05) is 69.1 Å². The average Bonchev–Trinajstić information content (AvgIpc) is 3.61. The number of halogens is 1. The molecular weight excluding hydrogens is 880 g/mol. The number of aromatic nitrogens is 1. The van der Waals surface area contributed by atoms with Gasteiger partial charge in [-0.3, -0.25) is 43.7 Å². The van der Waals surface area contributed by atoms with E-state index in [4.69, 9.17) is 4.74 Å². The molecule has 4 aromatic rings. The van der Waals surface area contributed by atoms with Gasteiger partial charge < -0.3 is 30.3 Å². The lowest BCUT2D eigenvalue weighted by Gasteiger charge is -2.43. The van der Waals surface area contributed by atoms with E-state index >= 15 is 0 Å². The van der Waals surface area contributed by atoms with Crippen molar-refractivity contribution in [3.8, 4) is 5.75 Å². The Morgan fingerprint density at radius 3 is 2.32 bits per heavy atom. The molecule has 4 saturated heterocycles. The monoisotopic (exact) mass is 942 g/mol. The third-order valence-corrected chi connectivity index (χ3v) is 15.9. The molecule has 15 nitrogen and oxygen atoms in total. The van der Waals surface area contributed by atoms with Gasteiger partial charge in [0, 0.05) is 106 Å². The quantitative estimate of drug-likeness (QED) is 0.156. The topological polar surface area (TPSA) is 168 Å². The molecule has 0 bridgehead atoms. The second-order valence-electron chi connectivity index (χ2n) is 20.0. The lowest BCUT2D eigenvalue weighted by Crippen LogP contribution is -2.55. The summed E-state index contributed by atoms with van der Waals surface area (Å²) in [6.07, 6.45) is 8.55. The van der Waals surface area contributed by atoms with Gasteiger partial charge in [0.2, 0.25) is 17.7 Å². The highest BCUT2D eigenvalue weighted by Gasteiger charge is 2.45. The Bertz CT molecular complexity index is 2580. The van der Waals surface area contributed by atoms with Crippen molar-refractivity contribution < 1.29 is 38.2 Å². The van der Waals surface area contributed by atoms with Gasteiger partial charge in [-0.2, -0.15) is 0 Å². The molecule has 69 heavy (non-hydrogen) atoms. The number of rotatable bonds is 11. The van der Waals surface area contributed by atoms with Gasteiger partial charge in [-0.05, 0) is 123 Å². The molecular formula is C53H63FN8O7. The minimum atomic E-state index is -0.966. The SMILES string of the molecule is C[C@@H](C(=O)Nc1cccc(OC2CCN(C(=O)CN3CCC(N4CCN(c5ccc6c(c5)C(=O)N(C5CCC(O)NC5=O)C6=O)CC4)CC3)CC2)c1)C1CCC(c2ccnc3ccc(F)cc23)CC1. The molecule has 3 N–H and O–H groups in total. The molecule has 1 aliphatic carbocycles. The summed E-state index contributed by atoms with van der Waals surface area (Å²) >= 11 is 0. The molecule has 1 saturated carbocycles. The summed E-state index contributed by atoms with van der Waals surface area (Å²) < 4.78 is 20.5. The van der Waals surface area contributed by atoms with Crippen molar-refractivity contribution >= 4 is 51.8 Å². The minimum absolute atomic E-state index is 0.000449. The molecule has 2 unspecified atom stereocenters. The number of imide groups is 1. The van der Waals surface area contributed by atoms with Crippen molar-refractivity contribution in [1.82, 2.24) is 29.9 Å². The second-order valence-corrected chi connectivity index (χ2v) is 20.0. The molecule has 0 radical (unpaired) electrons. The molecule has 1 aromatic heterocycles. The lowest BCUT2D eigenvalue weighted by atomic mass is 9.73. The number of aliphatic hydroxyl groups excluding tert-OH is 1. The van der Waals surface area contributed by atoms with E-state index in [1.165, 1.54) is 6.07 Å². The summed E-state index contributed by atoms with van der Waals surface area (Å²) in [7, 11) is 0. The first kappa shape index (κ1) is 46.7. The highest BCUT2D eigenvalue weighted by molar-refractivity contribution is 6.23. The fraction of sp³-hybridized carbons (Fsp3) is 0.509. The number of nitrogens with one attached hydrogen (secondary N) is 2. The number of carbonyl (C=O) groups excluding carboxylic acids is 5. The molecule has 16 heteroatoms. The highest BCUT2D eigenvalue weighted by atomic mass is 19.1. The van der Waals surface area contributed by atoms with Gasteiger partial charge in [0.05, 0.1) is 23.2 Å². The van der Waals surface area contributed by atoms with Crippen LogP contribution in [0.2, 0.25) is 0 Å². The number of hydrogen-bond acceptors (Lipinski definition) is 11. The van der Waals surface area contributed by atoms with Crippen molar-refractivity contribution in [2.45, 2.75) is 101 Å². The first-order valence-corrected chi connectivity index (χ1v) is 25.1.